The van der Waals surface area contributed by atoms with Gasteiger partial charge in [0.15, 0.2) is 0 Å². The highest BCUT2D eigenvalue weighted by Gasteiger charge is 2.11. The Labute approximate surface area is 128 Å². The molecule has 0 aliphatic rings. The maximum Gasteiger partial charge on any atom is 0.337 e. The lowest BCUT2D eigenvalue weighted by molar-refractivity contribution is 0.0601. The highest BCUT2D eigenvalue weighted by molar-refractivity contribution is 6.02. The Morgan fingerprint density at radius 1 is 1.00 bits per heavy atom. The van der Waals surface area contributed by atoms with Gasteiger partial charge in [0.05, 0.1) is 24.3 Å². The van der Waals surface area contributed by atoms with Crippen LogP contribution in [-0.4, -0.2) is 13.1 Å². The average Bonchev–Trinajstić information content (AvgIpc) is 2.60. The maximum atomic E-state index is 11.8. The molecule has 0 atom stereocenters. The molecule has 3 aromatic rings. The molecule has 0 heterocycles. The first kappa shape index (κ1) is 13.8. The Morgan fingerprint density at radius 3 is 2.55 bits per heavy atom. The van der Waals surface area contributed by atoms with Crippen LogP contribution in [0.3, 0.4) is 0 Å². The summed E-state index contributed by atoms with van der Waals surface area (Å²) in [6.07, 6.45) is 0. The summed E-state index contributed by atoms with van der Waals surface area (Å²) in [5, 5.41) is 11.2. The van der Waals surface area contributed by atoms with Crippen molar-refractivity contribution in [3.8, 4) is 17.2 Å². The molecule has 3 heteroatoms. The second-order valence-corrected chi connectivity index (χ2v) is 4.89. The summed E-state index contributed by atoms with van der Waals surface area (Å²) in [4.78, 5) is 11.8. The van der Waals surface area contributed by atoms with Gasteiger partial charge in [-0.3, -0.25) is 0 Å². The second kappa shape index (κ2) is 5.71. The fourth-order valence-electron chi connectivity index (χ4n) is 2.57. The van der Waals surface area contributed by atoms with Crippen LogP contribution >= 0.6 is 0 Å². The molecule has 0 aromatic heterocycles. The van der Waals surface area contributed by atoms with E-state index in [-0.39, 0.29) is 5.97 Å². The van der Waals surface area contributed by atoms with Gasteiger partial charge in [-0.25, -0.2) is 4.79 Å². The Bertz CT molecular complexity index is 907. The SMILES string of the molecule is COC(=O)c1ccc2cccc(-c3ccccc3C#N)c2c1. The van der Waals surface area contributed by atoms with Gasteiger partial charge in [0.2, 0.25) is 0 Å². The van der Waals surface area contributed by atoms with Crippen LogP contribution in [0.1, 0.15) is 15.9 Å². The minimum absolute atomic E-state index is 0.370. The number of hydrogen-bond donors (Lipinski definition) is 0. The van der Waals surface area contributed by atoms with Crippen molar-refractivity contribution in [3.05, 3.63) is 71.8 Å². The molecule has 3 nitrogen and oxygen atoms in total. The van der Waals surface area contributed by atoms with E-state index in [1.54, 1.807) is 12.1 Å². The smallest absolute Gasteiger partial charge is 0.337 e. The van der Waals surface area contributed by atoms with E-state index in [1.165, 1.54) is 7.11 Å². The van der Waals surface area contributed by atoms with E-state index in [0.717, 1.165) is 21.9 Å². The first-order chi connectivity index (χ1) is 10.7. The fraction of sp³-hybridized carbons (Fsp3) is 0.0526. The van der Waals surface area contributed by atoms with Crippen LogP contribution in [-0.2, 0) is 4.74 Å². The minimum Gasteiger partial charge on any atom is -0.465 e. The second-order valence-electron chi connectivity index (χ2n) is 4.89. The number of hydrogen-bond acceptors (Lipinski definition) is 3. The van der Waals surface area contributed by atoms with E-state index in [2.05, 4.69) is 6.07 Å². The maximum absolute atomic E-state index is 11.8. The molecule has 0 N–H and O–H groups in total. The van der Waals surface area contributed by atoms with Gasteiger partial charge in [0, 0.05) is 5.56 Å². The van der Waals surface area contributed by atoms with Crippen LogP contribution < -0.4 is 0 Å². The monoisotopic (exact) mass is 287 g/mol. The van der Waals surface area contributed by atoms with Crippen molar-refractivity contribution >= 4 is 16.7 Å². The quantitative estimate of drug-likeness (QED) is 0.665. The molecule has 0 radical (unpaired) electrons. The lowest BCUT2D eigenvalue weighted by Crippen LogP contribution is -2.00. The molecule has 0 fully saturated rings. The van der Waals surface area contributed by atoms with Crippen LogP contribution in [0.2, 0.25) is 0 Å². The lowest BCUT2D eigenvalue weighted by Gasteiger charge is -2.10. The van der Waals surface area contributed by atoms with Crippen molar-refractivity contribution in [2.75, 3.05) is 7.11 Å². The van der Waals surface area contributed by atoms with Crippen LogP contribution in [0, 0.1) is 11.3 Å². The standard InChI is InChI=1S/C19H13NO2/c1-22-19(21)14-10-9-13-6-4-8-17(18(13)11-14)16-7-3-2-5-15(16)12-20/h2-11H,1H3. The van der Waals surface area contributed by atoms with Crippen LogP contribution in [0.25, 0.3) is 21.9 Å². The van der Waals surface area contributed by atoms with Gasteiger partial charge in [-0.05, 0) is 34.5 Å². The third-order valence-electron chi connectivity index (χ3n) is 3.64. The predicted molar refractivity (Wildman–Crippen MR) is 85.4 cm³/mol. The number of benzene rings is 3. The van der Waals surface area contributed by atoms with E-state index in [4.69, 9.17) is 4.74 Å². The largest absolute Gasteiger partial charge is 0.465 e. The summed E-state index contributed by atoms with van der Waals surface area (Å²) >= 11 is 0. The van der Waals surface area contributed by atoms with E-state index in [1.807, 2.05) is 48.5 Å². The summed E-state index contributed by atoms with van der Waals surface area (Å²) in [5.41, 5.74) is 2.90. The Kier molecular flexibility index (Phi) is 3.59. The molecule has 3 aromatic carbocycles. The van der Waals surface area contributed by atoms with Crippen molar-refractivity contribution in [1.82, 2.24) is 0 Å². The number of rotatable bonds is 2. The average molecular weight is 287 g/mol. The molecule has 0 spiro atoms. The van der Waals surface area contributed by atoms with E-state index in [0.29, 0.717) is 11.1 Å². The van der Waals surface area contributed by atoms with E-state index in [9.17, 15) is 10.1 Å². The predicted octanol–water partition coefficient (Wildman–Crippen LogP) is 4.17. The zero-order valence-corrected chi connectivity index (χ0v) is 12.0. The normalized spacial score (nSPS) is 10.2. The van der Waals surface area contributed by atoms with Gasteiger partial charge in [-0.2, -0.15) is 5.26 Å². The van der Waals surface area contributed by atoms with Crippen molar-refractivity contribution < 1.29 is 9.53 Å². The van der Waals surface area contributed by atoms with Crippen molar-refractivity contribution in [3.63, 3.8) is 0 Å². The molecule has 0 bridgehead atoms. The Morgan fingerprint density at radius 2 is 1.77 bits per heavy atom. The highest BCUT2D eigenvalue weighted by Crippen LogP contribution is 2.31. The summed E-state index contributed by atoms with van der Waals surface area (Å²) in [6, 6.07) is 21.0. The molecule has 0 amide bonds. The number of methoxy groups -OCH3 is 1. The Balaban J connectivity index is 2.30. The summed E-state index contributed by atoms with van der Waals surface area (Å²) < 4.78 is 4.78. The highest BCUT2D eigenvalue weighted by atomic mass is 16.5. The van der Waals surface area contributed by atoms with Crippen LogP contribution in [0.15, 0.2) is 60.7 Å². The molecule has 106 valence electrons. The first-order valence-electron chi connectivity index (χ1n) is 6.85. The van der Waals surface area contributed by atoms with E-state index < -0.39 is 0 Å². The van der Waals surface area contributed by atoms with Gasteiger partial charge < -0.3 is 4.74 Å². The molecule has 0 unspecified atom stereocenters. The number of nitrogens with zero attached hydrogens (tertiary/aromatic N) is 1. The molecule has 22 heavy (non-hydrogen) atoms. The number of ether oxygens (including phenoxy) is 1. The van der Waals surface area contributed by atoms with Crippen LogP contribution in [0.5, 0.6) is 0 Å². The van der Waals surface area contributed by atoms with Gasteiger partial charge in [-0.15, -0.1) is 0 Å². The Hall–Kier alpha value is -3.12. The number of carbonyl (C=O) groups excluding carboxylic acids is 1. The third-order valence-corrected chi connectivity index (χ3v) is 3.64. The van der Waals surface area contributed by atoms with Gasteiger partial charge in [0.1, 0.15) is 0 Å². The number of fused-ring (bicyclic) bond motifs is 1. The van der Waals surface area contributed by atoms with Crippen molar-refractivity contribution in [2.24, 2.45) is 0 Å². The first-order valence-corrected chi connectivity index (χ1v) is 6.85. The van der Waals surface area contributed by atoms with Crippen molar-refractivity contribution in [1.29, 1.82) is 5.26 Å². The van der Waals surface area contributed by atoms with Gasteiger partial charge >= 0.3 is 5.97 Å². The van der Waals surface area contributed by atoms with Gasteiger partial charge in [0.25, 0.3) is 0 Å². The molecular weight excluding hydrogens is 274 g/mol. The molecule has 0 saturated heterocycles. The summed E-state index contributed by atoms with van der Waals surface area (Å²) in [7, 11) is 1.36. The molecular formula is C19H13NO2. The molecule has 0 aliphatic carbocycles. The number of nitriles is 1. The zero-order valence-electron chi connectivity index (χ0n) is 12.0. The third kappa shape index (κ3) is 2.32. The minimum atomic E-state index is -0.370. The topological polar surface area (TPSA) is 50.1 Å². The van der Waals surface area contributed by atoms with Crippen LogP contribution in [0.4, 0.5) is 0 Å². The number of esters is 1. The number of carbonyl (C=O) groups is 1. The van der Waals surface area contributed by atoms with E-state index >= 15 is 0 Å². The molecule has 0 aliphatic heterocycles. The molecule has 3 rings (SSSR count). The zero-order chi connectivity index (χ0) is 15.5. The summed E-state index contributed by atoms with van der Waals surface area (Å²) in [5.74, 6) is -0.370. The fourth-order valence-corrected chi connectivity index (χ4v) is 2.57. The van der Waals surface area contributed by atoms with Crippen molar-refractivity contribution in [2.45, 2.75) is 0 Å². The lowest BCUT2D eigenvalue weighted by atomic mass is 9.94. The molecule has 0 saturated carbocycles. The summed E-state index contributed by atoms with van der Waals surface area (Å²) in [6.45, 7) is 0. The van der Waals surface area contributed by atoms with Gasteiger partial charge in [-0.1, -0.05) is 42.5 Å².